The summed E-state index contributed by atoms with van der Waals surface area (Å²) < 4.78 is 28.6. The molecule has 210 valence electrons. The Morgan fingerprint density at radius 3 is 2.40 bits per heavy atom. The van der Waals surface area contributed by atoms with Gasteiger partial charge in [0.2, 0.25) is 11.8 Å². The number of carbonyl (C=O) groups excluding carboxylic acids is 3. The van der Waals surface area contributed by atoms with E-state index in [2.05, 4.69) is 10.6 Å². The monoisotopic (exact) mass is 548 g/mol. The van der Waals surface area contributed by atoms with Crippen LogP contribution in [0.5, 0.6) is 0 Å². The molecular formula is C31H34F2N4O3. The van der Waals surface area contributed by atoms with Crippen molar-refractivity contribution in [1.29, 1.82) is 0 Å². The van der Waals surface area contributed by atoms with E-state index in [0.717, 1.165) is 12.0 Å². The number of aryl methyl sites for hydroxylation is 1. The zero-order chi connectivity index (χ0) is 28.5. The number of hydrogen-bond acceptors (Lipinski definition) is 4. The molecule has 0 aromatic heterocycles. The molecule has 2 N–H and O–H groups in total. The first-order valence-corrected chi connectivity index (χ1v) is 13.5. The molecular weight excluding hydrogens is 514 g/mol. The second-order valence-corrected chi connectivity index (χ2v) is 9.88. The molecule has 1 atom stereocenters. The largest absolute Gasteiger partial charge is 0.368 e. The average Bonchev–Trinajstić information content (AvgIpc) is 3.20. The van der Waals surface area contributed by atoms with Crippen LogP contribution in [-0.4, -0.2) is 54.8 Å². The number of carbonyl (C=O) groups is 3. The van der Waals surface area contributed by atoms with Crippen molar-refractivity contribution in [2.45, 2.75) is 38.6 Å². The minimum atomic E-state index is -0.982. The number of amides is 3. The van der Waals surface area contributed by atoms with Gasteiger partial charge in [-0.3, -0.25) is 14.4 Å². The maximum absolute atomic E-state index is 14.3. The van der Waals surface area contributed by atoms with Gasteiger partial charge in [0, 0.05) is 33.1 Å². The molecule has 0 aliphatic carbocycles. The van der Waals surface area contributed by atoms with Crippen molar-refractivity contribution in [1.82, 2.24) is 10.2 Å². The normalized spacial score (nSPS) is 14.3. The van der Waals surface area contributed by atoms with Crippen molar-refractivity contribution in [2.24, 2.45) is 0 Å². The minimum absolute atomic E-state index is 0.00146. The van der Waals surface area contributed by atoms with Crippen LogP contribution < -0.4 is 15.5 Å². The van der Waals surface area contributed by atoms with Crippen LogP contribution in [0, 0.1) is 11.6 Å². The number of anilines is 2. The van der Waals surface area contributed by atoms with Gasteiger partial charge >= 0.3 is 0 Å². The highest BCUT2D eigenvalue weighted by Gasteiger charge is 2.25. The van der Waals surface area contributed by atoms with Crippen molar-refractivity contribution < 1.29 is 23.2 Å². The van der Waals surface area contributed by atoms with E-state index >= 15 is 0 Å². The van der Waals surface area contributed by atoms with Crippen LogP contribution in [0.3, 0.4) is 0 Å². The number of hydrogen-bond donors (Lipinski definition) is 2. The van der Waals surface area contributed by atoms with Gasteiger partial charge in [-0.2, -0.15) is 0 Å². The fraction of sp³-hybridized carbons (Fsp3) is 0.323. The lowest BCUT2D eigenvalue weighted by Crippen LogP contribution is -2.44. The minimum Gasteiger partial charge on any atom is -0.368 e. The Labute approximate surface area is 233 Å². The lowest BCUT2D eigenvalue weighted by molar-refractivity contribution is -0.128. The van der Waals surface area contributed by atoms with Crippen molar-refractivity contribution in [3.8, 4) is 0 Å². The summed E-state index contributed by atoms with van der Waals surface area (Å²) >= 11 is 0. The van der Waals surface area contributed by atoms with Crippen LogP contribution in [0.1, 0.15) is 42.1 Å². The van der Waals surface area contributed by atoms with Crippen LogP contribution in [-0.2, 0) is 16.0 Å². The summed E-state index contributed by atoms with van der Waals surface area (Å²) in [6.07, 6.45) is 2.29. The molecule has 1 fully saturated rings. The van der Waals surface area contributed by atoms with E-state index < -0.39 is 29.5 Å². The van der Waals surface area contributed by atoms with Gasteiger partial charge in [-0.25, -0.2) is 8.78 Å². The highest BCUT2D eigenvalue weighted by molar-refractivity contribution is 6.02. The van der Waals surface area contributed by atoms with E-state index in [9.17, 15) is 23.2 Å². The summed E-state index contributed by atoms with van der Waals surface area (Å²) in [4.78, 5) is 42.1. The molecule has 1 saturated heterocycles. The van der Waals surface area contributed by atoms with Gasteiger partial charge in [-0.05, 0) is 61.6 Å². The molecule has 0 saturated carbocycles. The number of nitrogens with one attached hydrogen (secondary N) is 2. The van der Waals surface area contributed by atoms with Gasteiger partial charge in [0.05, 0.1) is 16.9 Å². The molecule has 7 nitrogen and oxygen atoms in total. The van der Waals surface area contributed by atoms with E-state index in [1.54, 1.807) is 17.0 Å². The third-order valence-electron chi connectivity index (χ3n) is 7.04. The lowest BCUT2D eigenvalue weighted by Gasteiger charge is -2.27. The Balaban J connectivity index is 1.52. The highest BCUT2D eigenvalue weighted by atomic mass is 19.1. The molecule has 1 aliphatic heterocycles. The van der Waals surface area contributed by atoms with Gasteiger partial charge in [0.25, 0.3) is 5.91 Å². The van der Waals surface area contributed by atoms with Crippen LogP contribution in [0.4, 0.5) is 20.2 Å². The summed E-state index contributed by atoms with van der Waals surface area (Å²) in [5.74, 6) is -2.43. The van der Waals surface area contributed by atoms with E-state index in [0.29, 0.717) is 51.1 Å². The van der Waals surface area contributed by atoms with Crippen LogP contribution in [0.25, 0.3) is 0 Å². The number of rotatable bonds is 9. The van der Waals surface area contributed by atoms with Crippen molar-refractivity contribution in [2.75, 3.05) is 36.4 Å². The average molecular weight is 549 g/mol. The molecule has 0 radical (unpaired) electrons. The molecule has 3 aromatic rings. The second-order valence-electron chi connectivity index (χ2n) is 9.88. The summed E-state index contributed by atoms with van der Waals surface area (Å²) in [5.41, 5.74) is 1.84. The number of nitrogens with zero attached hydrogens (tertiary/aromatic N) is 2. The third kappa shape index (κ3) is 7.65. The van der Waals surface area contributed by atoms with Crippen molar-refractivity contribution in [3.05, 3.63) is 95.6 Å². The first-order valence-electron chi connectivity index (χ1n) is 13.5. The molecule has 9 heteroatoms. The van der Waals surface area contributed by atoms with Crippen LogP contribution in [0.2, 0.25) is 0 Å². The topological polar surface area (TPSA) is 81.8 Å². The van der Waals surface area contributed by atoms with Gasteiger partial charge in [-0.1, -0.05) is 42.5 Å². The molecule has 4 rings (SSSR count). The summed E-state index contributed by atoms with van der Waals surface area (Å²) in [7, 11) is 0. The van der Waals surface area contributed by atoms with Gasteiger partial charge in [0.15, 0.2) is 0 Å². The molecule has 1 heterocycles. The Morgan fingerprint density at radius 1 is 0.900 bits per heavy atom. The molecule has 3 aromatic carbocycles. The Morgan fingerprint density at radius 2 is 1.65 bits per heavy atom. The predicted molar refractivity (Wildman–Crippen MR) is 151 cm³/mol. The smallest absolute Gasteiger partial charge is 0.254 e. The van der Waals surface area contributed by atoms with Crippen LogP contribution >= 0.6 is 0 Å². The summed E-state index contributed by atoms with van der Waals surface area (Å²) in [6, 6.07) is 18.6. The fourth-order valence-electron chi connectivity index (χ4n) is 4.88. The summed E-state index contributed by atoms with van der Waals surface area (Å²) in [6.45, 7) is 3.83. The van der Waals surface area contributed by atoms with Crippen LogP contribution in [0.15, 0.2) is 72.8 Å². The standard InChI is InChI=1S/C31H34F2N4O3/c1-22(38)36-17-8-18-37(20-19-36)29-16-15-24(32)21-28(29)35-31(40)27(14-7-11-23-9-3-2-4-10-23)34-30(39)25-12-5-6-13-26(25)33/h2-6,9-10,12-13,15-16,21,27H,7-8,11,14,17-20H2,1H3,(H,34,39)(H,35,40). The Kier molecular flexibility index (Phi) is 9.83. The van der Waals surface area contributed by atoms with Gasteiger partial charge in [0.1, 0.15) is 17.7 Å². The molecule has 0 bridgehead atoms. The number of halogens is 2. The van der Waals surface area contributed by atoms with Crippen molar-refractivity contribution in [3.63, 3.8) is 0 Å². The maximum atomic E-state index is 14.3. The first kappa shape index (κ1) is 28.7. The quantitative estimate of drug-likeness (QED) is 0.403. The van der Waals surface area contributed by atoms with Crippen molar-refractivity contribution >= 4 is 29.1 Å². The zero-order valence-electron chi connectivity index (χ0n) is 22.5. The van der Waals surface area contributed by atoms with Gasteiger partial charge < -0.3 is 20.4 Å². The highest BCUT2D eigenvalue weighted by Crippen LogP contribution is 2.28. The molecule has 3 amide bonds. The van der Waals surface area contributed by atoms with E-state index in [4.69, 9.17) is 0 Å². The van der Waals surface area contributed by atoms with E-state index in [1.165, 1.54) is 37.3 Å². The van der Waals surface area contributed by atoms with E-state index in [-0.39, 0.29) is 17.2 Å². The predicted octanol–water partition coefficient (Wildman–Crippen LogP) is 4.78. The molecule has 1 unspecified atom stereocenters. The molecule has 0 spiro atoms. The first-order chi connectivity index (χ1) is 19.3. The Hall–Kier alpha value is -4.27. The lowest BCUT2D eigenvalue weighted by atomic mass is 10.0. The number of benzene rings is 3. The summed E-state index contributed by atoms with van der Waals surface area (Å²) in [5, 5.41) is 5.49. The zero-order valence-corrected chi connectivity index (χ0v) is 22.5. The second kappa shape index (κ2) is 13.7. The SMILES string of the molecule is CC(=O)N1CCCN(c2ccc(F)cc2NC(=O)C(CCCc2ccccc2)NC(=O)c2ccccc2F)CC1. The Bertz CT molecular complexity index is 1340. The fourth-order valence-corrected chi connectivity index (χ4v) is 4.88. The van der Waals surface area contributed by atoms with E-state index in [1.807, 2.05) is 35.2 Å². The molecule has 1 aliphatic rings. The third-order valence-corrected chi connectivity index (χ3v) is 7.04. The molecule has 40 heavy (non-hydrogen) atoms. The van der Waals surface area contributed by atoms with Gasteiger partial charge in [-0.15, -0.1) is 0 Å². The maximum Gasteiger partial charge on any atom is 0.254 e.